The van der Waals surface area contributed by atoms with Gasteiger partial charge in [-0.2, -0.15) is 0 Å². The van der Waals surface area contributed by atoms with Crippen LogP contribution in [0.2, 0.25) is 0 Å². The van der Waals surface area contributed by atoms with Gasteiger partial charge in [0.2, 0.25) is 0 Å². The van der Waals surface area contributed by atoms with Crippen LogP contribution in [0.5, 0.6) is 0 Å². The van der Waals surface area contributed by atoms with Gasteiger partial charge in [-0.05, 0) is 12.0 Å². The maximum Gasteiger partial charge on any atom is 0.305 e. The molecule has 2 aromatic carbocycles. The van der Waals surface area contributed by atoms with E-state index in [2.05, 4.69) is 0 Å². The molecular formula is C17H16O4. The van der Waals surface area contributed by atoms with E-state index in [1.807, 2.05) is 18.2 Å². The van der Waals surface area contributed by atoms with Gasteiger partial charge in [-0.1, -0.05) is 54.6 Å². The number of benzene rings is 2. The summed E-state index contributed by atoms with van der Waals surface area (Å²) in [6, 6.07) is 15.8. The highest BCUT2D eigenvalue weighted by Crippen LogP contribution is 2.13. The first kappa shape index (κ1) is 14.9. The molecule has 0 saturated heterocycles. The minimum Gasteiger partial charge on any atom is -0.481 e. The SMILES string of the molecule is O=C(O)CC(O)Cc1ccc(C(=O)c2ccccc2)cc1. The van der Waals surface area contributed by atoms with Crippen molar-refractivity contribution in [2.75, 3.05) is 0 Å². The number of aliphatic carboxylic acids is 1. The molecule has 1 unspecified atom stereocenters. The van der Waals surface area contributed by atoms with Crippen LogP contribution < -0.4 is 0 Å². The maximum atomic E-state index is 12.2. The predicted octanol–water partition coefficient (Wildman–Crippen LogP) is 2.30. The molecule has 4 heteroatoms. The number of carbonyl (C=O) groups excluding carboxylic acids is 1. The largest absolute Gasteiger partial charge is 0.481 e. The van der Waals surface area contributed by atoms with Gasteiger partial charge in [0.15, 0.2) is 5.78 Å². The second-order valence-electron chi connectivity index (χ2n) is 4.85. The van der Waals surface area contributed by atoms with Gasteiger partial charge in [-0.3, -0.25) is 9.59 Å². The Hall–Kier alpha value is -2.46. The summed E-state index contributed by atoms with van der Waals surface area (Å²) in [6.45, 7) is 0. The number of hydrogen-bond acceptors (Lipinski definition) is 3. The highest BCUT2D eigenvalue weighted by molar-refractivity contribution is 6.08. The molecule has 0 aromatic heterocycles. The van der Waals surface area contributed by atoms with E-state index in [0.29, 0.717) is 11.1 Å². The molecule has 0 heterocycles. The van der Waals surface area contributed by atoms with Gasteiger partial charge >= 0.3 is 5.97 Å². The highest BCUT2D eigenvalue weighted by Gasteiger charge is 2.12. The third-order valence-electron chi connectivity index (χ3n) is 3.13. The van der Waals surface area contributed by atoms with Crippen LogP contribution in [0.4, 0.5) is 0 Å². The Morgan fingerprint density at radius 3 is 2.05 bits per heavy atom. The van der Waals surface area contributed by atoms with Crippen molar-refractivity contribution in [2.24, 2.45) is 0 Å². The molecule has 108 valence electrons. The Bertz CT molecular complexity index is 617. The van der Waals surface area contributed by atoms with E-state index in [1.54, 1.807) is 36.4 Å². The van der Waals surface area contributed by atoms with E-state index in [0.717, 1.165) is 5.56 Å². The lowest BCUT2D eigenvalue weighted by Gasteiger charge is -2.08. The van der Waals surface area contributed by atoms with E-state index in [9.17, 15) is 14.7 Å². The lowest BCUT2D eigenvalue weighted by molar-refractivity contribution is -0.139. The molecule has 2 N–H and O–H groups in total. The fourth-order valence-electron chi connectivity index (χ4n) is 2.09. The molecule has 0 amide bonds. The number of carboxylic acids is 1. The minimum atomic E-state index is -1.03. The Morgan fingerprint density at radius 2 is 1.48 bits per heavy atom. The predicted molar refractivity (Wildman–Crippen MR) is 78.3 cm³/mol. The summed E-state index contributed by atoms with van der Waals surface area (Å²) in [6.07, 6.45) is -0.949. The summed E-state index contributed by atoms with van der Waals surface area (Å²) < 4.78 is 0. The van der Waals surface area contributed by atoms with Crippen molar-refractivity contribution in [3.8, 4) is 0 Å². The van der Waals surface area contributed by atoms with E-state index >= 15 is 0 Å². The standard InChI is InChI=1S/C17H16O4/c18-15(11-16(19)20)10-12-6-8-14(9-7-12)17(21)13-4-2-1-3-5-13/h1-9,15,18H,10-11H2,(H,19,20). The quantitative estimate of drug-likeness (QED) is 0.798. The number of aliphatic hydroxyl groups is 1. The lowest BCUT2D eigenvalue weighted by atomic mass is 10.00. The zero-order chi connectivity index (χ0) is 15.2. The minimum absolute atomic E-state index is 0.0618. The van der Waals surface area contributed by atoms with Gasteiger partial charge in [-0.25, -0.2) is 0 Å². The maximum absolute atomic E-state index is 12.2. The van der Waals surface area contributed by atoms with Crippen LogP contribution in [-0.4, -0.2) is 28.1 Å². The number of carboxylic acid groups (broad SMARTS) is 1. The van der Waals surface area contributed by atoms with Crippen LogP contribution in [0.3, 0.4) is 0 Å². The van der Waals surface area contributed by atoms with Gasteiger partial charge in [-0.15, -0.1) is 0 Å². The molecule has 0 fully saturated rings. The fourth-order valence-corrected chi connectivity index (χ4v) is 2.09. The molecule has 0 saturated carbocycles. The molecule has 0 aliphatic carbocycles. The first-order chi connectivity index (χ1) is 10.1. The van der Waals surface area contributed by atoms with Crippen LogP contribution in [0, 0.1) is 0 Å². The first-order valence-electron chi connectivity index (χ1n) is 6.65. The fraction of sp³-hybridized carbons (Fsp3) is 0.176. The molecule has 0 aliphatic rings. The van der Waals surface area contributed by atoms with Gasteiger partial charge in [0, 0.05) is 11.1 Å². The number of carbonyl (C=O) groups is 2. The van der Waals surface area contributed by atoms with E-state index < -0.39 is 12.1 Å². The molecular weight excluding hydrogens is 268 g/mol. The molecule has 2 aromatic rings. The van der Waals surface area contributed by atoms with Crippen LogP contribution in [0.25, 0.3) is 0 Å². The lowest BCUT2D eigenvalue weighted by Crippen LogP contribution is -2.15. The first-order valence-corrected chi connectivity index (χ1v) is 6.65. The number of hydrogen-bond donors (Lipinski definition) is 2. The van der Waals surface area contributed by atoms with Crippen molar-refractivity contribution >= 4 is 11.8 Å². The van der Waals surface area contributed by atoms with Crippen molar-refractivity contribution in [3.63, 3.8) is 0 Å². The highest BCUT2D eigenvalue weighted by atomic mass is 16.4. The molecule has 4 nitrogen and oxygen atoms in total. The summed E-state index contributed by atoms with van der Waals surface area (Å²) >= 11 is 0. The van der Waals surface area contributed by atoms with Crippen LogP contribution in [0.1, 0.15) is 27.9 Å². The van der Waals surface area contributed by atoms with Crippen LogP contribution in [-0.2, 0) is 11.2 Å². The number of ketones is 1. The summed E-state index contributed by atoms with van der Waals surface area (Å²) in [5.41, 5.74) is 1.99. The van der Waals surface area contributed by atoms with Crippen molar-refractivity contribution in [1.29, 1.82) is 0 Å². The van der Waals surface area contributed by atoms with Gasteiger partial charge < -0.3 is 10.2 Å². The average Bonchev–Trinajstić information content (AvgIpc) is 2.47. The normalized spacial score (nSPS) is 11.9. The van der Waals surface area contributed by atoms with Crippen LogP contribution >= 0.6 is 0 Å². The Balaban J connectivity index is 2.05. The van der Waals surface area contributed by atoms with Gasteiger partial charge in [0.1, 0.15) is 0 Å². The van der Waals surface area contributed by atoms with Gasteiger partial charge in [0.05, 0.1) is 12.5 Å². The molecule has 21 heavy (non-hydrogen) atoms. The summed E-state index contributed by atoms with van der Waals surface area (Å²) in [5, 5.41) is 18.2. The second-order valence-corrected chi connectivity index (χ2v) is 4.85. The third-order valence-corrected chi connectivity index (χ3v) is 3.13. The van der Waals surface area contributed by atoms with Gasteiger partial charge in [0.25, 0.3) is 0 Å². The molecule has 1 atom stereocenters. The summed E-state index contributed by atoms with van der Waals surface area (Å²) in [5.74, 6) is -1.09. The van der Waals surface area contributed by atoms with Crippen LogP contribution in [0.15, 0.2) is 54.6 Å². The smallest absolute Gasteiger partial charge is 0.305 e. The zero-order valence-electron chi connectivity index (χ0n) is 11.4. The molecule has 0 aliphatic heterocycles. The molecule has 0 radical (unpaired) electrons. The van der Waals surface area contributed by atoms with Crippen molar-refractivity contribution in [2.45, 2.75) is 18.9 Å². The number of aliphatic hydroxyl groups excluding tert-OH is 1. The molecule has 0 bridgehead atoms. The van der Waals surface area contributed by atoms with Crippen molar-refractivity contribution in [3.05, 3.63) is 71.3 Å². The summed E-state index contributed by atoms with van der Waals surface area (Å²) in [4.78, 5) is 22.7. The average molecular weight is 284 g/mol. The Morgan fingerprint density at radius 1 is 0.905 bits per heavy atom. The Labute approximate surface area is 122 Å². The topological polar surface area (TPSA) is 74.6 Å². The number of rotatable bonds is 6. The van der Waals surface area contributed by atoms with E-state index in [1.165, 1.54) is 0 Å². The zero-order valence-corrected chi connectivity index (χ0v) is 11.4. The Kier molecular flexibility index (Phi) is 4.85. The van der Waals surface area contributed by atoms with Crippen molar-refractivity contribution < 1.29 is 19.8 Å². The molecule has 0 spiro atoms. The summed E-state index contributed by atoms with van der Waals surface area (Å²) in [7, 11) is 0. The van der Waals surface area contributed by atoms with E-state index in [-0.39, 0.29) is 18.6 Å². The monoisotopic (exact) mass is 284 g/mol. The van der Waals surface area contributed by atoms with Crippen molar-refractivity contribution in [1.82, 2.24) is 0 Å². The third kappa shape index (κ3) is 4.26. The molecule has 2 rings (SSSR count). The van der Waals surface area contributed by atoms with E-state index in [4.69, 9.17) is 5.11 Å². The second kappa shape index (κ2) is 6.81.